The van der Waals surface area contributed by atoms with E-state index in [1.807, 2.05) is 73.7 Å². The van der Waals surface area contributed by atoms with Gasteiger partial charge in [-0.2, -0.15) is 20.4 Å². The monoisotopic (exact) mass is 602 g/mol. The van der Waals surface area contributed by atoms with Gasteiger partial charge in [0.1, 0.15) is 37.0 Å². The summed E-state index contributed by atoms with van der Waals surface area (Å²) < 4.78 is 7.28. The van der Waals surface area contributed by atoms with E-state index in [1.165, 1.54) is 12.7 Å². The largest absolute Gasteiger partial charge is 0.273 e. The summed E-state index contributed by atoms with van der Waals surface area (Å²) in [7, 11) is 0. The van der Waals surface area contributed by atoms with E-state index in [-0.39, 0.29) is 0 Å². The van der Waals surface area contributed by atoms with Crippen LogP contribution in [0.25, 0.3) is 0 Å². The molecule has 14 heteroatoms. The zero-order valence-electron chi connectivity index (χ0n) is 26.7. The maximum atomic E-state index is 3.99. The van der Waals surface area contributed by atoms with Crippen molar-refractivity contribution in [3.05, 3.63) is 111 Å². The van der Waals surface area contributed by atoms with E-state index >= 15 is 0 Å². The van der Waals surface area contributed by atoms with Crippen LogP contribution in [0.5, 0.6) is 0 Å². The quantitative estimate of drug-likeness (QED) is 0.267. The third kappa shape index (κ3) is 18.3. The lowest BCUT2D eigenvalue weighted by Crippen LogP contribution is -1.91. The first-order chi connectivity index (χ1) is 21.6. The molecule has 0 aromatic carbocycles. The summed E-state index contributed by atoms with van der Waals surface area (Å²) in [6, 6.07) is 7.48. The Hall–Kier alpha value is -5.14. The minimum absolute atomic E-state index is 0.903. The first-order valence-corrected chi connectivity index (χ1v) is 14.7. The molecule has 0 aliphatic heterocycles. The molecule has 0 amide bonds. The van der Waals surface area contributed by atoms with Crippen molar-refractivity contribution in [1.82, 2.24) is 69.0 Å². The van der Waals surface area contributed by atoms with E-state index < -0.39 is 0 Å². The Morgan fingerprint density at radius 2 is 0.795 bits per heavy atom. The van der Waals surface area contributed by atoms with E-state index in [0.717, 1.165) is 50.7 Å². The predicted molar refractivity (Wildman–Crippen MR) is 170 cm³/mol. The second kappa shape index (κ2) is 25.6. The lowest BCUT2D eigenvalue weighted by atomic mass is 10.4. The second-order valence-corrected chi connectivity index (χ2v) is 8.26. The van der Waals surface area contributed by atoms with Crippen LogP contribution in [0, 0.1) is 0 Å². The van der Waals surface area contributed by atoms with Crippen LogP contribution in [0.4, 0.5) is 0 Å². The SMILES string of the molecule is CCc1ncccn1.CCc1ncccn1.CCn1cccn1.CCn1cccn1.CCn1cncn1.CCn1cncn1. The number of aryl methyl sites for hydroxylation is 6. The molecule has 0 aliphatic rings. The Morgan fingerprint density at radius 3 is 0.955 bits per heavy atom. The Morgan fingerprint density at radius 1 is 0.432 bits per heavy atom. The molecule has 0 fully saturated rings. The minimum atomic E-state index is 0.903. The minimum Gasteiger partial charge on any atom is -0.273 e. The van der Waals surface area contributed by atoms with E-state index in [2.05, 4.69) is 64.1 Å². The van der Waals surface area contributed by atoms with Crippen molar-refractivity contribution in [3.8, 4) is 0 Å². The van der Waals surface area contributed by atoms with Crippen molar-refractivity contribution in [3.63, 3.8) is 0 Å². The van der Waals surface area contributed by atoms with Crippen LogP contribution >= 0.6 is 0 Å². The molecule has 236 valence electrons. The van der Waals surface area contributed by atoms with Gasteiger partial charge < -0.3 is 0 Å². The zero-order chi connectivity index (χ0) is 32.1. The molecule has 6 heterocycles. The van der Waals surface area contributed by atoms with Crippen LogP contribution in [0.1, 0.15) is 53.2 Å². The van der Waals surface area contributed by atoms with Gasteiger partial charge in [0, 0.05) is 88.6 Å². The number of rotatable bonds is 6. The maximum absolute atomic E-state index is 3.99. The fourth-order valence-corrected chi connectivity index (χ4v) is 2.79. The van der Waals surface area contributed by atoms with Gasteiger partial charge in [0.15, 0.2) is 0 Å². The highest BCUT2D eigenvalue weighted by molar-refractivity contribution is 4.87. The van der Waals surface area contributed by atoms with Crippen molar-refractivity contribution in [2.24, 2.45) is 0 Å². The Balaban J connectivity index is 0.000000264. The Bertz CT molecular complexity index is 1160. The van der Waals surface area contributed by atoms with Crippen LogP contribution < -0.4 is 0 Å². The van der Waals surface area contributed by atoms with E-state index in [4.69, 9.17) is 0 Å². The van der Waals surface area contributed by atoms with Crippen LogP contribution in [0.3, 0.4) is 0 Å². The smallest absolute Gasteiger partial charge is 0.137 e. The standard InChI is InChI=1S/2C6H8N2.2C5H8N2.2C4H7N3/c2*1-2-6-7-4-3-5-8-6;2*1-2-7-5-3-4-6-7;2*1-2-7-4-5-3-6-7/h2*3-5H,2H2,1H3;2*3-5H,2H2,1H3;2*3-4H,2H2,1H3. The summed E-state index contributed by atoms with van der Waals surface area (Å²) in [5, 5.41) is 15.6. The Kier molecular flexibility index (Phi) is 21.4. The summed E-state index contributed by atoms with van der Waals surface area (Å²) in [4.78, 5) is 23.4. The normalized spacial score (nSPS) is 9.23. The molecule has 14 nitrogen and oxygen atoms in total. The summed E-state index contributed by atoms with van der Waals surface area (Å²) in [5.41, 5.74) is 0. The maximum Gasteiger partial charge on any atom is 0.137 e. The molecule has 0 radical (unpaired) electrons. The first-order valence-electron chi connectivity index (χ1n) is 14.7. The molecule has 0 bridgehead atoms. The van der Waals surface area contributed by atoms with Gasteiger partial charge in [0.05, 0.1) is 0 Å². The van der Waals surface area contributed by atoms with E-state index in [0.29, 0.717) is 0 Å². The highest BCUT2D eigenvalue weighted by atomic mass is 15.3. The van der Waals surface area contributed by atoms with Gasteiger partial charge in [0.25, 0.3) is 0 Å². The van der Waals surface area contributed by atoms with Gasteiger partial charge >= 0.3 is 0 Å². The van der Waals surface area contributed by atoms with Crippen LogP contribution in [-0.4, -0.2) is 69.0 Å². The van der Waals surface area contributed by atoms with Gasteiger partial charge in [-0.15, -0.1) is 0 Å². The first kappa shape index (κ1) is 36.9. The Labute approximate surface area is 260 Å². The number of hydrogen-bond acceptors (Lipinski definition) is 10. The van der Waals surface area contributed by atoms with Crippen LogP contribution in [0.2, 0.25) is 0 Å². The molecule has 0 aliphatic carbocycles. The average molecular weight is 603 g/mol. The summed E-state index contributed by atoms with van der Waals surface area (Å²) in [6.07, 6.45) is 22.8. The van der Waals surface area contributed by atoms with Gasteiger partial charge in [-0.3, -0.25) is 18.7 Å². The van der Waals surface area contributed by atoms with Crippen molar-refractivity contribution < 1.29 is 0 Å². The summed E-state index contributed by atoms with van der Waals surface area (Å²) >= 11 is 0. The number of hydrogen-bond donors (Lipinski definition) is 0. The molecule has 0 saturated heterocycles. The lowest BCUT2D eigenvalue weighted by Gasteiger charge is -1.87. The number of nitrogens with zero attached hydrogens (tertiary/aromatic N) is 14. The molecule has 0 unspecified atom stereocenters. The molecule has 44 heavy (non-hydrogen) atoms. The third-order valence-electron chi connectivity index (χ3n) is 5.22. The lowest BCUT2D eigenvalue weighted by molar-refractivity contribution is 0.658. The van der Waals surface area contributed by atoms with E-state index in [1.54, 1.807) is 59.2 Å². The fourth-order valence-electron chi connectivity index (χ4n) is 2.79. The topological polar surface area (TPSA) is 149 Å². The summed E-state index contributed by atoms with van der Waals surface area (Å²) in [5.74, 6) is 1.82. The van der Waals surface area contributed by atoms with Crippen LogP contribution in [0.15, 0.2) is 99.1 Å². The van der Waals surface area contributed by atoms with Gasteiger partial charge in [-0.1, -0.05) is 13.8 Å². The van der Waals surface area contributed by atoms with Gasteiger partial charge in [-0.25, -0.2) is 29.9 Å². The third-order valence-corrected chi connectivity index (χ3v) is 5.22. The molecular weight excluding hydrogens is 556 g/mol. The van der Waals surface area contributed by atoms with Crippen molar-refractivity contribution in [2.75, 3.05) is 0 Å². The molecular formula is C30H46N14. The molecule has 6 rings (SSSR count). The molecule has 0 saturated carbocycles. The zero-order valence-corrected chi connectivity index (χ0v) is 26.7. The van der Waals surface area contributed by atoms with Crippen molar-refractivity contribution >= 4 is 0 Å². The van der Waals surface area contributed by atoms with E-state index in [9.17, 15) is 0 Å². The molecule has 6 aromatic rings. The van der Waals surface area contributed by atoms with Crippen LogP contribution in [-0.2, 0) is 39.0 Å². The second-order valence-electron chi connectivity index (χ2n) is 8.26. The number of aromatic nitrogens is 14. The van der Waals surface area contributed by atoms with Crippen molar-refractivity contribution in [2.45, 2.75) is 80.6 Å². The van der Waals surface area contributed by atoms with Gasteiger partial charge in [-0.05, 0) is 52.0 Å². The summed E-state index contributed by atoms with van der Waals surface area (Å²) in [6.45, 7) is 16.0. The predicted octanol–water partition coefficient (Wildman–Crippen LogP) is 4.48. The van der Waals surface area contributed by atoms with Gasteiger partial charge in [0.2, 0.25) is 0 Å². The highest BCUT2D eigenvalue weighted by Gasteiger charge is 1.84. The fraction of sp³-hybridized carbons (Fsp3) is 0.400. The highest BCUT2D eigenvalue weighted by Crippen LogP contribution is 1.86. The molecule has 6 aromatic heterocycles. The molecule has 0 atom stereocenters. The molecule has 0 spiro atoms. The molecule has 0 N–H and O–H groups in total. The average Bonchev–Trinajstić information content (AvgIpc) is 3.95. The van der Waals surface area contributed by atoms with Crippen molar-refractivity contribution in [1.29, 1.82) is 0 Å².